The summed E-state index contributed by atoms with van der Waals surface area (Å²) < 4.78 is 65.1. The van der Waals surface area contributed by atoms with E-state index in [9.17, 15) is 17.8 Å². The second-order valence-corrected chi connectivity index (χ2v) is 16.2. The summed E-state index contributed by atoms with van der Waals surface area (Å²) in [7, 11) is -1.11. The van der Waals surface area contributed by atoms with E-state index in [2.05, 4.69) is 46.8 Å². The summed E-state index contributed by atoms with van der Waals surface area (Å²) in [5.41, 5.74) is 5.82. The number of ether oxygens (including phenoxy) is 4. The molecule has 0 atom stereocenters. The topological polar surface area (TPSA) is 148 Å². The first-order valence-electron chi connectivity index (χ1n) is 20.7. The molecule has 0 aromatic heterocycles. The molecule has 3 aliphatic rings. The van der Waals surface area contributed by atoms with Gasteiger partial charge in [0.2, 0.25) is 5.36 Å². The number of anilines is 1. The number of benzene rings is 3. The Labute approximate surface area is 355 Å². The molecule has 13 heteroatoms. The molecule has 5 rings (SSSR count). The van der Waals surface area contributed by atoms with Crippen molar-refractivity contribution in [3.8, 4) is 22.6 Å². The number of carboxylic acid groups (broad SMARTS) is 1. The van der Waals surface area contributed by atoms with Crippen molar-refractivity contribution < 1.29 is 46.2 Å². The van der Waals surface area contributed by atoms with Crippen LogP contribution in [-0.2, 0) is 39.3 Å². The van der Waals surface area contributed by atoms with Gasteiger partial charge in [0.05, 0.1) is 37.4 Å². The highest BCUT2D eigenvalue weighted by Crippen LogP contribution is 2.48. The molecule has 0 unspecified atom stereocenters. The van der Waals surface area contributed by atoms with Gasteiger partial charge in [-0.15, -0.1) is 0 Å². The SMILES string of the molecule is CC.COCCOCC[N+](CCOCCOC)=c1ccc2c(/C=C/C=C3\N(CCCCCC(=O)O)c4ccc(S(=O)(=O)O)cc4C3(C)C)c(C)c(-c3ccccc3)oc-2c1. The molecule has 2 N–H and O–H groups in total. The summed E-state index contributed by atoms with van der Waals surface area (Å²) in [6, 6.07) is 21.0. The van der Waals surface area contributed by atoms with Crippen LogP contribution in [0, 0.1) is 6.92 Å². The van der Waals surface area contributed by atoms with Crippen LogP contribution in [-0.4, -0.2) is 97.5 Å². The molecule has 2 aliphatic heterocycles. The summed E-state index contributed by atoms with van der Waals surface area (Å²) in [6.45, 7) is 15.1. The van der Waals surface area contributed by atoms with Gasteiger partial charge in [0.1, 0.15) is 24.7 Å². The molecule has 0 radical (unpaired) electrons. The van der Waals surface area contributed by atoms with Crippen LogP contribution >= 0.6 is 0 Å². The Morgan fingerprint density at radius 3 is 2.15 bits per heavy atom. The zero-order valence-corrected chi connectivity index (χ0v) is 37.1. The minimum atomic E-state index is -4.41. The van der Waals surface area contributed by atoms with Gasteiger partial charge < -0.3 is 33.4 Å². The second kappa shape index (κ2) is 23.4. The second-order valence-electron chi connectivity index (χ2n) is 14.8. The molecular weight excluding hydrogens is 785 g/mol. The number of fused-ring (bicyclic) bond motifs is 2. The number of aliphatic carboxylic acids is 1. The Kier molecular flexibility index (Phi) is 18.7. The Morgan fingerprint density at radius 2 is 1.53 bits per heavy atom. The highest BCUT2D eigenvalue weighted by atomic mass is 32.2. The van der Waals surface area contributed by atoms with Crippen molar-refractivity contribution in [2.45, 2.75) is 70.6 Å². The van der Waals surface area contributed by atoms with Gasteiger partial charge in [-0.1, -0.05) is 76.6 Å². The molecule has 0 bridgehead atoms. The fraction of sp³-hybridized carbons (Fsp3) is 0.447. The zero-order chi connectivity index (χ0) is 43.7. The van der Waals surface area contributed by atoms with E-state index >= 15 is 0 Å². The van der Waals surface area contributed by atoms with Gasteiger partial charge in [0, 0.05) is 66.7 Å². The summed E-state index contributed by atoms with van der Waals surface area (Å²) >= 11 is 0. The van der Waals surface area contributed by atoms with Gasteiger partial charge >= 0.3 is 5.97 Å². The lowest BCUT2D eigenvalue weighted by Gasteiger charge is -2.27. The lowest BCUT2D eigenvalue weighted by Crippen LogP contribution is -2.36. The summed E-state index contributed by atoms with van der Waals surface area (Å²) in [4.78, 5) is 13.2. The number of allylic oxidation sites excluding steroid dienone is 3. The molecular formula is C47H63N2O10S+. The normalized spacial score (nSPS) is 14.1. The highest BCUT2D eigenvalue weighted by Gasteiger charge is 2.40. The highest BCUT2D eigenvalue weighted by molar-refractivity contribution is 7.85. The Hall–Kier alpha value is -4.63. The quantitative estimate of drug-likeness (QED) is 0.0450. The van der Waals surface area contributed by atoms with Gasteiger partial charge in [-0.25, -0.2) is 4.58 Å². The number of nitrogens with zero attached hydrogens (tertiary/aromatic N) is 2. The molecule has 1 aliphatic carbocycles. The number of hydrogen-bond acceptors (Lipinski definition) is 9. The zero-order valence-electron chi connectivity index (χ0n) is 36.2. The van der Waals surface area contributed by atoms with Crippen molar-refractivity contribution in [2.24, 2.45) is 0 Å². The van der Waals surface area contributed by atoms with Crippen LogP contribution in [0.25, 0.3) is 28.7 Å². The van der Waals surface area contributed by atoms with E-state index < -0.39 is 21.5 Å². The van der Waals surface area contributed by atoms with E-state index in [0.29, 0.717) is 71.5 Å². The van der Waals surface area contributed by atoms with Crippen molar-refractivity contribution in [1.29, 1.82) is 0 Å². The molecule has 326 valence electrons. The van der Waals surface area contributed by atoms with Gasteiger partial charge in [-0.2, -0.15) is 8.42 Å². The van der Waals surface area contributed by atoms with Crippen LogP contribution in [0.1, 0.15) is 70.1 Å². The Bertz CT molecular complexity index is 2190. The molecule has 2 aromatic carbocycles. The Morgan fingerprint density at radius 1 is 0.867 bits per heavy atom. The van der Waals surface area contributed by atoms with Crippen LogP contribution in [0.15, 0.2) is 93.9 Å². The maximum atomic E-state index is 12.2. The molecule has 2 heterocycles. The molecule has 0 saturated carbocycles. The molecule has 2 aromatic rings. The lowest BCUT2D eigenvalue weighted by atomic mass is 9.83. The first kappa shape index (κ1) is 48.0. The average molecular weight is 848 g/mol. The summed E-state index contributed by atoms with van der Waals surface area (Å²) in [5, 5.41) is 10.1. The van der Waals surface area contributed by atoms with Gasteiger partial charge in [0.25, 0.3) is 10.1 Å². The van der Waals surface area contributed by atoms with Crippen LogP contribution in [0.3, 0.4) is 0 Å². The van der Waals surface area contributed by atoms with Crippen molar-refractivity contribution in [1.82, 2.24) is 4.58 Å². The monoisotopic (exact) mass is 847 g/mol. The minimum Gasteiger partial charge on any atom is -0.481 e. The largest absolute Gasteiger partial charge is 0.481 e. The molecule has 0 saturated heterocycles. The van der Waals surface area contributed by atoms with Crippen LogP contribution in [0.2, 0.25) is 0 Å². The van der Waals surface area contributed by atoms with E-state index in [1.165, 1.54) is 6.07 Å². The average Bonchev–Trinajstić information content (AvgIpc) is 3.44. The molecule has 0 spiro atoms. The lowest BCUT2D eigenvalue weighted by molar-refractivity contribution is -0.137. The number of methoxy groups -OCH3 is 2. The third-order valence-corrected chi connectivity index (χ3v) is 11.3. The van der Waals surface area contributed by atoms with Crippen molar-refractivity contribution in [3.05, 3.63) is 107 Å². The third kappa shape index (κ3) is 12.7. The van der Waals surface area contributed by atoms with E-state index in [4.69, 9.17) is 28.5 Å². The van der Waals surface area contributed by atoms with Crippen LogP contribution in [0.5, 0.6) is 0 Å². The minimum absolute atomic E-state index is 0.110. The van der Waals surface area contributed by atoms with E-state index in [1.54, 1.807) is 26.4 Å². The third-order valence-electron chi connectivity index (χ3n) is 10.4. The summed E-state index contributed by atoms with van der Waals surface area (Å²) in [5.74, 6) is 0.654. The van der Waals surface area contributed by atoms with Crippen molar-refractivity contribution >= 4 is 27.9 Å². The van der Waals surface area contributed by atoms with Gasteiger partial charge in [-0.3, -0.25) is 9.35 Å². The Balaban J connectivity index is 0.00000391. The fourth-order valence-electron chi connectivity index (χ4n) is 7.33. The molecule has 0 fully saturated rings. The summed E-state index contributed by atoms with van der Waals surface area (Å²) in [6.07, 6.45) is 8.32. The molecule has 12 nitrogen and oxygen atoms in total. The fourth-order valence-corrected chi connectivity index (χ4v) is 7.83. The van der Waals surface area contributed by atoms with Crippen LogP contribution in [0.4, 0.5) is 5.69 Å². The number of rotatable bonds is 22. The molecule has 60 heavy (non-hydrogen) atoms. The first-order valence-corrected chi connectivity index (χ1v) is 22.1. The smallest absolute Gasteiger partial charge is 0.303 e. The maximum absolute atomic E-state index is 12.2. The van der Waals surface area contributed by atoms with Gasteiger partial charge in [-0.05, 0) is 61.2 Å². The van der Waals surface area contributed by atoms with E-state index in [1.807, 2.05) is 64.1 Å². The van der Waals surface area contributed by atoms with E-state index in [0.717, 1.165) is 63.2 Å². The predicted octanol–water partition coefficient (Wildman–Crippen LogP) is 8.07. The van der Waals surface area contributed by atoms with Crippen molar-refractivity contribution in [2.75, 3.05) is 78.4 Å². The first-order chi connectivity index (χ1) is 28.9. The van der Waals surface area contributed by atoms with Crippen LogP contribution < -0.4 is 14.8 Å². The maximum Gasteiger partial charge on any atom is 0.303 e. The number of carbonyl (C=O) groups is 1. The van der Waals surface area contributed by atoms with Crippen molar-refractivity contribution in [3.63, 3.8) is 0 Å². The standard InChI is InChI=1S/C45H56N2O10S.C2H6/c1-33-37(15-12-16-42-45(2,3)39-32-36(58(50,51)52)19-21-40(39)47(42)22-11-7-10-17-43(48)49)38-20-18-35(31-41(38)57-44(33)34-13-8-6-9-14-34)46(23-25-55-29-27-53-4)24-26-56-30-28-54-5;1-2/h6,8-9,12-16,18-21,31-32H,7,10-11,17,22-30H2,1-5H3,(H-,48,49,50,51,52);1-2H3/p+1. The number of carboxylic acids is 1. The number of unbranched alkanes of at least 4 members (excludes halogenated alkanes) is 2. The predicted molar refractivity (Wildman–Crippen MR) is 237 cm³/mol. The molecule has 0 amide bonds. The number of hydrogen-bond donors (Lipinski definition) is 2. The van der Waals surface area contributed by atoms with E-state index in [-0.39, 0.29) is 11.3 Å². The van der Waals surface area contributed by atoms with Gasteiger partial charge in [0.15, 0.2) is 13.1 Å².